The van der Waals surface area contributed by atoms with Crippen LogP contribution in [0.4, 0.5) is 10.5 Å². The van der Waals surface area contributed by atoms with Crippen molar-refractivity contribution in [3.63, 3.8) is 0 Å². The van der Waals surface area contributed by atoms with Crippen LogP contribution in [-0.4, -0.2) is 53.4 Å². The summed E-state index contributed by atoms with van der Waals surface area (Å²) >= 11 is 0. The normalized spacial score (nSPS) is 11.6. The molecule has 0 bridgehead atoms. The zero-order chi connectivity index (χ0) is 15.8. The molecule has 1 atom stereocenters. The van der Waals surface area contributed by atoms with E-state index in [9.17, 15) is 14.7 Å². The summed E-state index contributed by atoms with van der Waals surface area (Å²) in [5.74, 6) is -0.634. The maximum absolute atomic E-state index is 11.8. The number of carboxylic acid groups (broad SMARTS) is 1. The van der Waals surface area contributed by atoms with Gasteiger partial charge in [-0.25, -0.2) is 9.59 Å². The molecule has 1 unspecified atom stereocenters. The van der Waals surface area contributed by atoms with Crippen LogP contribution in [0.3, 0.4) is 0 Å². The van der Waals surface area contributed by atoms with E-state index in [1.165, 1.54) is 4.90 Å². The number of benzene rings is 1. The summed E-state index contributed by atoms with van der Waals surface area (Å²) in [4.78, 5) is 23.7. The maximum Gasteiger partial charge on any atom is 0.341 e. The summed E-state index contributed by atoms with van der Waals surface area (Å²) in [6.07, 6.45) is 0.0530. The Labute approximate surface area is 123 Å². The lowest BCUT2D eigenvalue weighted by atomic mass is 10.3. The lowest BCUT2D eigenvalue weighted by molar-refractivity contribution is -0.139. The van der Waals surface area contributed by atoms with Crippen LogP contribution in [0.5, 0.6) is 5.75 Å². The zero-order valence-electron chi connectivity index (χ0n) is 12.1. The van der Waals surface area contributed by atoms with Gasteiger partial charge in [-0.2, -0.15) is 0 Å². The number of carboxylic acids is 1. The SMILES string of the molecule is CC(O)CCN(C)C(=O)Nc1ccc(OCC(=O)O)cc1. The van der Waals surface area contributed by atoms with Gasteiger partial charge in [-0.1, -0.05) is 0 Å². The highest BCUT2D eigenvalue weighted by atomic mass is 16.5. The van der Waals surface area contributed by atoms with Gasteiger partial charge < -0.3 is 25.2 Å². The Morgan fingerprint density at radius 2 is 1.95 bits per heavy atom. The van der Waals surface area contributed by atoms with Gasteiger partial charge in [-0.15, -0.1) is 0 Å². The molecule has 0 aromatic heterocycles. The third kappa shape index (κ3) is 6.62. The summed E-state index contributed by atoms with van der Waals surface area (Å²) in [7, 11) is 1.64. The molecule has 0 aliphatic heterocycles. The van der Waals surface area contributed by atoms with Crippen molar-refractivity contribution in [2.45, 2.75) is 19.4 Å². The minimum Gasteiger partial charge on any atom is -0.482 e. The van der Waals surface area contributed by atoms with E-state index >= 15 is 0 Å². The molecule has 0 heterocycles. The first-order valence-electron chi connectivity index (χ1n) is 6.53. The molecular formula is C14H20N2O5. The molecule has 1 aromatic rings. The van der Waals surface area contributed by atoms with Crippen LogP contribution in [0.2, 0.25) is 0 Å². The van der Waals surface area contributed by atoms with Crippen LogP contribution in [0, 0.1) is 0 Å². The summed E-state index contributed by atoms with van der Waals surface area (Å²) < 4.78 is 4.99. The average Bonchev–Trinajstić information content (AvgIpc) is 2.43. The first kappa shape index (κ1) is 16.8. The quantitative estimate of drug-likeness (QED) is 0.706. The van der Waals surface area contributed by atoms with E-state index in [1.807, 2.05) is 0 Å². The van der Waals surface area contributed by atoms with Gasteiger partial charge in [0, 0.05) is 19.3 Å². The van der Waals surface area contributed by atoms with E-state index in [2.05, 4.69) is 5.32 Å². The molecule has 0 saturated heterocycles. The standard InChI is InChI=1S/C14H20N2O5/c1-10(17)7-8-16(2)14(20)15-11-3-5-12(6-4-11)21-9-13(18)19/h3-6,10,17H,7-9H2,1-2H3,(H,15,20)(H,18,19). The van der Waals surface area contributed by atoms with Gasteiger partial charge >= 0.3 is 12.0 Å². The fourth-order valence-corrected chi connectivity index (χ4v) is 1.48. The number of urea groups is 1. The number of ether oxygens (including phenoxy) is 1. The van der Waals surface area contributed by atoms with E-state index in [4.69, 9.17) is 9.84 Å². The van der Waals surface area contributed by atoms with Crippen LogP contribution in [0.15, 0.2) is 24.3 Å². The monoisotopic (exact) mass is 296 g/mol. The Balaban J connectivity index is 2.47. The van der Waals surface area contributed by atoms with Crippen molar-refractivity contribution in [3.05, 3.63) is 24.3 Å². The van der Waals surface area contributed by atoms with Gasteiger partial charge in [-0.3, -0.25) is 0 Å². The first-order valence-corrected chi connectivity index (χ1v) is 6.53. The second-order valence-corrected chi connectivity index (χ2v) is 4.70. The predicted molar refractivity (Wildman–Crippen MR) is 77.5 cm³/mol. The van der Waals surface area contributed by atoms with Gasteiger partial charge in [0.05, 0.1) is 6.10 Å². The fraction of sp³-hybridized carbons (Fsp3) is 0.429. The second-order valence-electron chi connectivity index (χ2n) is 4.70. The molecule has 0 fully saturated rings. The number of carbonyl (C=O) groups excluding carboxylic acids is 1. The summed E-state index contributed by atoms with van der Waals surface area (Å²) in [6, 6.07) is 6.12. The molecule has 7 heteroatoms. The van der Waals surface area contributed by atoms with Gasteiger partial charge in [-0.05, 0) is 37.6 Å². The Morgan fingerprint density at radius 3 is 2.48 bits per heavy atom. The van der Waals surface area contributed by atoms with Crippen LogP contribution >= 0.6 is 0 Å². The molecule has 7 nitrogen and oxygen atoms in total. The van der Waals surface area contributed by atoms with Crippen LogP contribution in [0.1, 0.15) is 13.3 Å². The number of carbonyl (C=O) groups is 2. The first-order chi connectivity index (χ1) is 9.88. The molecule has 0 aliphatic rings. The molecule has 3 N–H and O–H groups in total. The number of nitrogens with one attached hydrogen (secondary N) is 1. The molecule has 0 spiro atoms. The number of aliphatic hydroxyl groups excluding tert-OH is 1. The number of anilines is 1. The third-order valence-electron chi connectivity index (χ3n) is 2.70. The van der Waals surface area contributed by atoms with Crippen molar-refractivity contribution in [1.29, 1.82) is 0 Å². The smallest absolute Gasteiger partial charge is 0.341 e. The van der Waals surface area contributed by atoms with Crippen molar-refractivity contribution in [2.24, 2.45) is 0 Å². The molecule has 1 rings (SSSR count). The minimum atomic E-state index is -1.05. The molecule has 21 heavy (non-hydrogen) atoms. The highest BCUT2D eigenvalue weighted by Gasteiger charge is 2.09. The van der Waals surface area contributed by atoms with Crippen molar-refractivity contribution in [3.8, 4) is 5.75 Å². The lowest BCUT2D eigenvalue weighted by Gasteiger charge is -2.18. The minimum absolute atomic E-state index is 0.283. The van der Waals surface area contributed by atoms with E-state index < -0.39 is 18.7 Å². The van der Waals surface area contributed by atoms with E-state index in [-0.39, 0.29) is 6.03 Å². The number of hydrogen-bond donors (Lipinski definition) is 3. The molecule has 0 saturated carbocycles. The largest absolute Gasteiger partial charge is 0.482 e. The number of nitrogens with zero attached hydrogens (tertiary/aromatic N) is 1. The molecule has 2 amide bonds. The number of rotatable bonds is 7. The topological polar surface area (TPSA) is 99.1 Å². The Hall–Kier alpha value is -2.28. The summed E-state index contributed by atoms with van der Waals surface area (Å²) in [5.41, 5.74) is 0.576. The van der Waals surface area contributed by atoms with Crippen molar-refractivity contribution >= 4 is 17.7 Å². The molecule has 0 aliphatic carbocycles. The Bertz CT molecular complexity index is 473. The highest BCUT2D eigenvalue weighted by Crippen LogP contribution is 2.16. The zero-order valence-corrected chi connectivity index (χ0v) is 12.1. The number of aliphatic hydroxyl groups is 1. The van der Waals surface area contributed by atoms with Crippen molar-refractivity contribution in [1.82, 2.24) is 4.90 Å². The predicted octanol–water partition coefficient (Wildman–Crippen LogP) is 1.38. The fourth-order valence-electron chi connectivity index (χ4n) is 1.48. The average molecular weight is 296 g/mol. The number of amides is 2. The Morgan fingerprint density at radius 1 is 1.33 bits per heavy atom. The molecule has 1 aromatic carbocycles. The second kappa shape index (κ2) is 8.11. The van der Waals surface area contributed by atoms with Gasteiger partial charge in [0.1, 0.15) is 5.75 Å². The van der Waals surface area contributed by atoms with Crippen LogP contribution in [-0.2, 0) is 4.79 Å². The van der Waals surface area contributed by atoms with Gasteiger partial charge in [0.2, 0.25) is 0 Å². The molecule has 116 valence electrons. The summed E-state index contributed by atoms with van der Waals surface area (Å²) in [5, 5.41) is 20.4. The lowest BCUT2D eigenvalue weighted by Crippen LogP contribution is -2.33. The maximum atomic E-state index is 11.8. The van der Waals surface area contributed by atoms with Crippen LogP contribution < -0.4 is 10.1 Å². The van der Waals surface area contributed by atoms with Gasteiger partial charge in [0.25, 0.3) is 0 Å². The molecular weight excluding hydrogens is 276 g/mol. The highest BCUT2D eigenvalue weighted by molar-refractivity contribution is 5.89. The van der Waals surface area contributed by atoms with Crippen molar-refractivity contribution in [2.75, 3.05) is 25.5 Å². The molecule has 0 radical (unpaired) electrons. The summed E-state index contributed by atoms with van der Waals surface area (Å²) in [6.45, 7) is 1.71. The van der Waals surface area contributed by atoms with E-state index in [1.54, 1.807) is 38.2 Å². The third-order valence-corrected chi connectivity index (χ3v) is 2.70. The Kier molecular flexibility index (Phi) is 6.48. The number of aliphatic carboxylic acids is 1. The number of hydrogen-bond acceptors (Lipinski definition) is 4. The van der Waals surface area contributed by atoms with E-state index in [0.717, 1.165) is 0 Å². The van der Waals surface area contributed by atoms with E-state index in [0.29, 0.717) is 24.4 Å². The van der Waals surface area contributed by atoms with Crippen LogP contribution in [0.25, 0.3) is 0 Å². The van der Waals surface area contributed by atoms with Gasteiger partial charge in [0.15, 0.2) is 6.61 Å². The van der Waals surface area contributed by atoms with Crippen molar-refractivity contribution < 1.29 is 24.5 Å².